The van der Waals surface area contributed by atoms with Gasteiger partial charge in [-0.15, -0.1) is 0 Å². The highest BCUT2D eigenvalue weighted by Crippen LogP contribution is 2.25. The van der Waals surface area contributed by atoms with Crippen LogP contribution in [-0.4, -0.2) is 9.97 Å². The van der Waals surface area contributed by atoms with Crippen LogP contribution in [-0.2, 0) is 6.54 Å². The molecule has 0 fully saturated rings. The molecule has 2 aromatic carbocycles. The van der Waals surface area contributed by atoms with E-state index in [4.69, 9.17) is 4.42 Å². The molecule has 0 unspecified atom stereocenters. The molecular weight excluding hydrogens is 319 g/mol. The lowest BCUT2D eigenvalue weighted by Gasteiger charge is -2.11. The van der Waals surface area contributed by atoms with Crippen molar-refractivity contribution in [2.24, 2.45) is 0 Å². The highest BCUT2D eigenvalue weighted by atomic mass is 19.1. The van der Waals surface area contributed by atoms with E-state index < -0.39 is 0 Å². The Morgan fingerprint density at radius 2 is 1.76 bits per heavy atom. The molecule has 4 aromatic rings. The summed E-state index contributed by atoms with van der Waals surface area (Å²) in [7, 11) is 0. The number of hydrogen-bond donors (Lipinski definition) is 2. The Morgan fingerprint density at radius 3 is 2.60 bits per heavy atom. The van der Waals surface area contributed by atoms with Crippen LogP contribution in [0.5, 0.6) is 0 Å². The van der Waals surface area contributed by atoms with Crippen LogP contribution in [0.25, 0.3) is 10.9 Å². The minimum atomic E-state index is -0.357. The van der Waals surface area contributed by atoms with Gasteiger partial charge >= 0.3 is 0 Å². The number of halogens is 1. The average molecular weight is 334 g/mol. The van der Waals surface area contributed by atoms with Crippen molar-refractivity contribution in [3.8, 4) is 0 Å². The van der Waals surface area contributed by atoms with Gasteiger partial charge in [0.05, 0.1) is 24.0 Å². The maximum atomic E-state index is 13.9. The summed E-state index contributed by atoms with van der Waals surface area (Å²) in [6.07, 6.45) is 1.63. The summed E-state index contributed by atoms with van der Waals surface area (Å²) in [5, 5.41) is 7.07. The number of nitrogens with one attached hydrogen (secondary N) is 2. The second kappa shape index (κ2) is 6.60. The molecule has 0 aliphatic carbocycles. The summed E-state index contributed by atoms with van der Waals surface area (Å²) in [6.45, 7) is 0.493. The van der Waals surface area contributed by atoms with Crippen molar-refractivity contribution in [2.75, 3.05) is 10.6 Å². The van der Waals surface area contributed by atoms with E-state index in [-0.39, 0.29) is 5.82 Å². The van der Waals surface area contributed by atoms with Crippen LogP contribution in [0, 0.1) is 5.82 Å². The first-order valence-electron chi connectivity index (χ1n) is 7.84. The number of benzene rings is 2. The van der Waals surface area contributed by atoms with Crippen molar-refractivity contribution in [3.05, 3.63) is 78.5 Å². The summed E-state index contributed by atoms with van der Waals surface area (Å²) in [6, 6.07) is 17.8. The second-order valence-corrected chi connectivity index (χ2v) is 5.45. The van der Waals surface area contributed by atoms with E-state index in [0.29, 0.717) is 24.0 Å². The quantitative estimate of drug-likeness (QED) is 0.553. The van der Waals surface area contributed by atoms with Crippen LogP contribution in [0.4, 0.5) is 21.8 Å². The van der Waals surface area contributed by atoms with Gasteiger partial charge in [0.1, 0.15) is 17.4 Å². The zero-order valence-corrected chi connectivity index (χ0v) is 13.2. The molecule has 2 heterocycles. The highest BCUT2D eigenvalue weighted by molar-refractivity contribution is 5.90. The van der Waals surface area contributed by atoms with E-state index in [1.165, 1.54) is 6.07 Å². The third kappa shape index (κ3) is 3.28. The molecule has 0 aliphatic heterocycles. The molecule has 2 N–H and O–H groups in total. The number of para-hydroxylation sites is 2. The smallest absolute Gasteiger partial charge is 0.229 e. The molecule has 5 nitrogen and oxygen atoms in total. The third-order valence-corrected chi connectivity index (χ3v) is 3.73. The summed E-state index contributed by atoms with van der Waals surface area (Å²) in [5.74, 6) is 1.42. The molecule has 4 rings (SSSR count). The van der Waals surface area contributed by atoms with Crippen molar-refractivity contribution in [1.82, 2.24) is 9.97 Å². The van der Waals surface area contributed by atoms with Crippen LogP contribution in [0.1, 0.15) is 5.76 Å². The SMILES string of the molecule is Fc1ccccc1Nc1nc(NCc2ccco2)c2ccccc2n1. The lowest BCUT2D eigenvalue weighted by molar-refractivity contribution is 0.518. The predicted octanol–water partition coefficient (Wildman–Crippen LogP) is 4.72. The highest BCUT2D eigenvalue weighted by Gasteiger charge is 2.09. The number of hydrogen-bond acceptors (Lipinski definition) is 5. The number of fused-ring (bicyclic) bond motifs is 1. The number of nitrogens with zero attached hydrogens (tertiary/aromatic N) is 2. The molecule has 0 bridgehead atoms. The Labute approximate surface area is 143 Å². The monoisotopic (exact) mass is 334 g/mol. The number of aromatic nitrogens is 2. The molecule has 2 aromatic heterocycles. The fourth-order valence-electron chi connectivity index (χ4n) is 2.53. The van der Waals surface area contributed by atoms with Crippen molar-refractivity contribution in [3.63, 3.8) is 0 Å². The Kier molecular flexibility index (Phi) is 4.00. The zero-order chi connectivity index (χ0) is 17.1. The van der Waals surface area contributed by atoms with E-state index in [1.54, 1.807) is 24.5 Å². The number of furan rings is 1. The maximum Gasteiger partial charge on any atom is 0.229 e. The molecule has 0 saturated heterocycles. The van der Waals surface area contributed by atoms with E-state index in [9.17, 15) is 4.39 Å². The van der Waals surface area contributed by atoms with Crippen molar-refractivity contribution < 1.29 is 8.81 Å². The minimum absolute atomic E-state index is 0.325. The van der Waals surface area contributed by atoms with Gasteiger partial charge in [-0.25, -0.2) is 9.37 Å². The van der Waals surface area contributed by atoms with Crippen LogP contribution in [0.3, 0.4) is 0 Å². The van der Waals surface area contributed by atoms with E-state index in [2.05, 4.69) is 20.6 Å². The molecule has 0 saturated carbocycles. The van der Waals surface area contributed by atoms with Gasteiger partial charge in [0, 0.05) is 5.39 Å². The Hall–Kier alpha value is -3.41. The molecule has 6 heteroatoms. The molecule has 25 heavy (non-hydrogen) atoms. The topological polar surface area (TPSA) is 63.0 Å². The summed E-state index contributed by atoms with van der Waals surface area (Å²) < 4.78 is 19.2. The molecule has 124 valence electrons. The standard InChI is InChI=1S/C19H15FN4O/c20-15-8-2-4-10-17(15)23-19-22-16-9-3-1-7-14(16)18(24-19)21-12-13-6-5-11-25-13/h1-11H,12H2,(H2,21,22,23,24). The van der Waals surface area contributed by atoms with Crippen LogP contribution < -0.4 is 10.6 Å². The largest absolute Gasteiger partial charge is 0.467 e. The molecule has 0 radical (unpaired) electrons. The average Bonchev–Trinajstić information content (AvgIpc) is 3.15. The lowest BCUT2D eigenvalue weighted by atomic mass is 10.2. The van der Waals surface area contributed by atoms with Gasteiger partial charge < -0.3 is 15.1 Å². The predicted molar refractivity (Wildman–Crippen MR) is 95.3 cm³/mol. The Morgan fingerprint density at radius 1 is 0.920 bits per heavy atom. The molecule has 0 atom stereocenters. The molecule has 0 amide bonds. The summed E-state index contributed by atoms with van der Waals surface area (Å²) in [4.78, 5) is 8.96. The first-order chi connectivity index (χ1) is 12.3. The fraction of sp³-hybridized carbons (Fsp3) is 0.0526. The summed E-state index contributed by atoms with van der Waals surface area (Å²) in [5.41, 5.74) is 1.09. The Balaban J connectivity index is 1.69. The van der Waals surface area contributed by atoms with Gasteiger partial charge in [0.2, 0.25) is 5.95 Å². The first-order valence-corrected chi connectivity index (χ1v) is 7.84. The van der Waals surface area contributed by atoms with Crippen molar-refractivity contribution in [1.29, 1.82) is 0 Å². The van der Waals surface area contributed by atoms with E-state index >= 15 is 0 Å². The summed E-state index contributed by atoms with van der Waals surface area (Å²) >= 11 is 0. The first kappa shape index (κ1) is 15.1. The van der Waals surface area contributed by atoms with Crippen LogP contribution in [0.15, 0.2) is 71.3 Å². The molecule has 0 spiro atoms. The van der Waals surface area contributed by atoms with Gasteiger partial charge in [0.25, 0.3) is 0 Å². The minimum Gasteiger partial charge on any atom is -0.467 e. The van der Waals surface area contributed by atoms with Crippen LogP contribution >= 0.6 is 0 Å². The van der Waals surface area contributed by atoms with Crippen molar-refractivity contribution >= 4 is 28.4 Å². The number of rotatable bonds is 5. The molecule has 0 aliphatic rings. The fourth-order valence-corrected chi connectivity index (χ4v) is 2.53. The van der Waals surface area contributed by atoms with Gasteiger partial charge in [0.15, 0.2) is 0 Å². The maximum absolute atomic E-state index is 13.9. The number of anilines is 3. The van der Waals surface area contributed by atoms with Gasteiger partial charge in [-0.1, -0.05) is 24.3 Å². The van der Waals surface area contributed by atoms with Gasteiger partial charge in [-0.3, -0.25) is 0 Å². The molecular formula is C19H15FN4O. The second-order valence-electron chi connectivity index (χ2n) is 5.45. The van der Waals surface area contributed by atoms with E-state index in [1.807, 2.05) is 36.4 Å². The zero-order valence-electron chi connectivity index (χ0n) is 13.2. The van der Waals surface area contributed by atoms with Crippen LogP contribution in [0.2, 0.25) is 0 Å². The van der Waals surface area contributed by atoms with Crippen molar-refractivity contribution in [2.45, 2.75) is 6.54 Å². The normalized spacial score (nSPS) is 10.8. The lowest BCUT2D eigenvalue weighted by Crippen LogP contribution is -2.05. The Bertz CT molecular complexity index is 1000. The third-order valence-electron chi connectivity index (χ3n) is 3.73. The van der Waals surface area contributed by atoms with Gasteiger partial charge in [-0.05, 0) is 36.4 Å². The van der Waals surface area contributed by atoms with E-state index in [0.717, 1.165) is 16.7 Å². The van der Waals surface area contributed by atoms with Gasteiger partial charge in [-0.2, -0.15) is 4.98 Å².